The van der Waals surface area contributed by atoms with Crippen molar-refractivity contribution >= 4 is 12.2 Å². The van der Waals surface area contributed by atoms with Gasteiger partial charge in [0.2, 0.25) is 0 Å². The first-order valence-corrected chi connectivity index (χ1v) is 12.6. The Bertz CT molecular complexity index is 961. The van der Waals surface area contributed by atoms with Crippen molar-refractivity contribution in [1.82, 2.24) is 10.6 Å². The van der Waals surface area contributed by atoms with E-state index in [0.29, 0.717) is 52.7 Å². The van der Waals surface area contributed by atoms with Crippen LogP contribution in [0, 0.1) is 0 Å². The van der Waals surface area contributed by atoms with Crippen LogP contribution in [0.4, 0.5) is 9.59 Å². The lowest BCUT2D eigenvalue weighted by molar-refractivity contribution is 0.0145. The van der Waals surface area contributed by atoms with E-state index in [9.17, 15) is 9.59 Å². The molecule has 9 nitrogen and oxygen atoms in total. The number of fused-ring (bicyclic) bond motifs is 3. The predicted octanol–water partition coefficient (Wildman–Crippen LogP) is 4.10. The zero-order valence-electron chi connectivity index (χ0n) is 21.9. The topological polar surface area (TPSA) is 104 Å². The second kappa shape index (κ2) is 14.6. The van der Waals surface area contributed by atoms with Crippen LogP contribution < -0.4 is 10.6 Å². The number of alkyl carbamates (subject to hydrolysis) is 2. The molecule has 0 saturated carbocycles. The van der Waals surface area contributed by atoms with Gasteiger partial charge in [0.05, 0.1) is 39.6 Å². The van der Waals surface area contributed by atoms with Crippen LogP contribution in [0.15, 0.2) is 48.5 Å². The minimum atomic E-state index is -0.518. The Morgan fingerprint density at radius 1 is 0.703 bits per heavy atom. The van der Waals surface area contributed by atoms with Crippen LogP contribution in [0.2, 0.25) is 0 Å². The van der Waals surface area contributed by atoms with E-state index in [0.717, 1.165) is 0 Å². The molecule has 0 radical (unpaired) electrons. The Kier molecular flexibility index (Phi) is 11.2. The zero-order chi connectivity index (χ0) is 26.5. The normalized spacial score (nSPS) is 12.5. The van der Waals surface area contributed by atoms with Gasteiger partial charge in [-0.2, -0.15) is 0 Å². The van der Waals surface area contributed by atoms with Crippen LogP contribution in [-0.2, 0) is 23.7 Å². The number of nitrogens with one attached hydrogen (secondary N) is 2. The quantitative estimate of drug-likeness (QED) is 0.366. The standard InChI is InChI=1S/C28H38N2O7/c1-28(2,3)37-27(32)30-13-15-34-17-19-35-18-16-33-14-12-29-26(31)36-20-25-23-10-6-4-8-21(23)22-9-5-7-11-24(22)25/h4-11,25H,12-20H2,1-3H3,(H,29,31)(H,30,32). The van der Waals surface area contributed by atoms with E-state index in [1.807, 2.05) is 45.0 Å². The minimum Gasteiger partial charge on any atom is -0.449 e. The van der Waals surface area contributed by atoms with Gasteiger partial charge >= 0.3 is 12.2 Å². The number of rotatable bonds is 14. The fourth-order valence-electron chi connectivity index (χ4n) is 3.96. The summed E-state index contributed by atoms with van der Waals surface area (Å²) in [6.45, 7) is 8.85. The SMILES string of the molecule is CC(C)(C)OC(=O)NCCOCCOCCOCCNC(=O)OCC1c2ccccc2-c2ccccc21. The van der Waals surface area contributed by atoms with Crippen molar-refractivity contribution in [3.05, 3.63) is 59.7 Å². The number of hydrogen-bond acceptors (Lipinski definition) is 7. The van der Waals surface area contributed by atoms with Gasteiger partial charge in [0, 0.05) is 19.0 Å². The molecule has 2 aromatic carbocycles. The first-order chi connectivity index (χ1) is 17.8. The molecule has 9 heteroatoms. The second-order valence-electron chi connectivity index (χ2n) is 9.52. The van der Waals surface area contributed by atoms with Crippen LogP contribution in [0.25, 0.3) is 11.1 Å². The highest BCUT2D eigenvalue weighted by Crippen LogP contribution is 2.44. The van der Waals surface area contributed by atoms with Gasteiger partial charge in [-0.3, -0.25) is 0 Å². The Morgan fingerprint density at radius 3 is 1.68 bits per heavy atom. The van der Waals surface area contributed by atoms with Crippen LogP contribution in [-0.4, -0.2) is 77.1 Å². The summed E-state index contributed by atoms with van der Waals surface area (Å²) in [6.07, 6.45) is -0.919. The molecule has 0 heterocycles. The summed E-state index contributed by atoms with van der Waals surface area (Å²) in [5, 5.41) is 5.34. The zero-order valence-corrected chi connectivity index (χ0v) is 21.9. The fraction of sp³-hybridized carbons (Fsp3) is 0.500. The van der Waals surface area contributed by atoms with Crippen LogP contribution in [0.3, 0.4) is 0 Å². The van der Waals surface area contributed by atoms with E-state index in [4.69, 9.17) is 23.7 Å². The number of hydrogen-bond donors (Lipinski definition) is 2. The van der Waals surface area contributed by atoms with Crippen molar-refractivity contribution in [3.8, 4) is 11.1 Å². The van der Waals surface area contributed by atoms with E-state index in [2.05, 4.69) is 34.9 Å². The molecule has 2 amide bonds. The largest absolute Gasteiger partial charge is 0.449 e. The molecule has 0 unspecified atom stereocenters. The maximum absolute atomic E-state index is 12.1. The predicted molar refractivity (Wildman–Crippen MR) is 140 cm³/mol. The van der Waals surface area contributed by atoms with E-state index in [1.54, 1.807) is 0 Å². The van der Waals surface area contributed by atoms with Crippen LogP contribution >= 0.6 is 0 Å². The number of benzene rings is 2. The van der Waals surface area contributed by atoms with E-state index < -0.39 is 17.8 Å². The monoisotopic (exact) mass is 514 g/mol. The highest BCUT2D eigenvalue weighted by Gasteiger charge is 2.28. The van der Waals surface area contributed by atoms with Crippen molar-refractivity contribution in [1.29, 1.82) is 0 Å². The Balaban J connectivity index is 1.16. The van der Waals surface area contributed by atoms with Gasteiger partial charge in [0.1, 0.15) is 12.2 Å². The molecular formula is C28H38N2O7. The average molecular weight is 515 g/mol. The minimum absolute atomic E-state index is 0.0387. The van der Waals surface area contributed by atoms with Crippen molar-refractivity contribution in [2.45, 2.75) is 32.3 Å². The number of ether oxygens (including phenoxy) is 5. The number of amides is 2. The summed E-state index contributed by atoms with van der Waals surface area (Å²) in [5.74, 6) is 0.0387. The molecule has 2 aromatic rings. The van der Waals surface area contributed by atoms with Crippen molar-refractivity contribution in [3.63, 3.8) is 0 Å². The maximum Gasteiger partial charge on any atom is 0.407 e. The fourth-order valence-corrected chi connectivity index (χ4v) is 3.96. The molecule has 3 rings (SSSR count). The maximum atomic E-state index is 12.1. The van der Waals surface area contributed by atoms with Crippen molar-refractivity contribution < 1.29 is 33.3 Å². The Labute approximate surface area is 218 Å². The molecule has 2 N–H and O–H groups in total. The molecule has 0 aliphatic heterocycles. The molecular weight excluding hydrogens is 476 g/mol. The van der Waals surface area contributed by atoms with Gasteiger partial charge in [-0.1, -0.05) is 48.5 Å². The molecule has 0 aromatic heterocycles. The molecule has 1 aliphatic rings. The summed E-state index contributed by atoms with van der Waals surface area (Å²) >= 11 is 0. The molecule has 0 bridgehead atoms. The third-order valence-corrected chi connectivity index (χ3v) is 5.52. The smallest absolute Gasteiger partial charge is 0.407 e. The van der Waals surface area contributed by atoms with E-state index in [-0.39, 0.29) is 12.5 Å². The highest BCUT2D eigenvalue weighted by molar-refractivity contribution is 5.79. The van der Waals surface area contributed by atoms with Crippen LogP contribution in [0.1, 0.15) is 37.8 Å². The molecule has 0 spiro atoms. The lowest BCUT2D eigenvalue weighted by Gasteiger charge is -2.19. The van der Waals surface area contributed by atoms with Gasteiger partial charge < -0.3 is 34.3 Å². The van der Waals surface area contributed by atoms with Crippen molar-refractivity contribution in [2.75, 3.05) is 59.3 Å². The van der Waals surface area contributed by atoms with Gasteiger partial charge in [-0.15, -0.1) is 0 Å². The summed E-state index contributed by atoms with van der Waals surface area (Å²) in [4.78, 5) is 23.6. The van der Waals surface area contributed by atoms with Crippen LogP contribution in [0.5, 0.6) is 0 Å². The lowest BCUT2D eigenvalue weighted by atomic mass is 9.98. The lowest BCUT2D eigenvalue weighted by Crippen LogP contribution is -2.34. The van der Waals surface area contributed by atoms with Gasteiger partial charge in [0.25, 0.3) is 0 Å². The average Bonchev–Trinajstić information content (AvgIpc) is 3.18. The first kappa shape index (κ1) is 28.4. The molecule has 37 heavy (non-hydrogen) atoms. The second-order valence-corrected chi connectivity index (χ2v) is 9.52. The van der Waals surface area contributed by atoms with Gasteiger partial charge in [-0.05, 0) is 43.0 Å². The molecule has 1 aliphatic carbocycles. The first-order valence-electron chi connectivity index (χ1n) is 12.6. The summed E-state index contributed by atoms with van der Waals surface area (Å²) in [7, 11) is 0. The summed E-state index contributed by atoms with van der Waals surface area (Å²) in [6, 6.07) is 16.5. The Hall–Kier alpha value is -3.14. The Morgan fingerprint density at radius 2 is 1.16 bits per heavy atom. The summed E-state index contributed by atoms with van der Waals surface area (Å²) in [5.41, 5.74) is 4.25. The number of carbonyl (C=O) groups is 2. The third kappa shape index (κ3) is 9.68. The van der Waals surface area contributed by atoms with Crippen molar-refractivity contribution in [2.24, 2.45) is 0 Å². The molecule has 202 valence electrons. The third-order valence-electron chi connectivity index (χ3n) is 5.52. The molecule has 0 fully saturated rings. The molecule has 0 saturated heterocycles. The van der Waals surface area contributed by atoms with Gasteiger partial charge in [0.15, 0.2) is 0 Å². The van der Waals surface area contributed by atoms with Gasteiger partial charge in [-0.25, -0.2) is 9.59 Å². The summed E-state index contributed by atoms with van der Waals surface area (Å²) < 4.78 is 26.9. The molecule has 0 atom stereocenters. The van der Waals surface area contributed by atoms with E-state index >= 15 is 0 Å². The number of carbonyl (C=O) groups excluding carboxylic acids is 2. The van der Waals surface area contributed by atoms with E-state index in [1.165, 1.54) is 22.3 Å². The highest BCUT2D eigenvalue weighted by atomic mass is 16.6.